The van der Waals surface area contributed by atoms with Gasteiger partial charge in [0.2, 0.25) is 11.0 Å². The summed E-state index contributed by atoms with van der Waals surface area (Å²) in [4.78, 5) is 39.8. The van der Waals surface area contributed by atoms with E-state index in [9.17, 15) is 19.6 Å². The van der Waals surface area contributed by atoms with E-state index in [1.165, 1.54) is 30.2 Å². The smallest absolute Gasteiger partial charge is 0.337 e. The molecule has 214 valence electrons. The number of amides is 1. The highest BCUT2D eigenvalue weighted by Gasteiger charge is 2.45. The average molecular weight is 601 g/mol. The van der Waals surface area contributed by atoms with Crippen LogP contribution in [0, 0.1) is 16.7 Å². The standard InChI is InChI=1S/C30H28N6O4S2/c1-30(2)13-21-25(22(37)14-30)24(17-9-11-18(12-10-17)27(39)40-3)20(15-31)26(32)36(21)28-34-35-29(42-28)41-16-23(38)33-19-7-5-4-6-8-19/h4-12,24H,13-14,16,32H2,1-3H3,(H,33,38). The number of nitrogens with one attached hydrogen (secondary N) is 1. The van der Waals surface area contributed by atoms with Crippen LogP contribution in [0.1, 0.15) is 48.5 Å². The lowest BCUT2D eigenvalue weighted by atomic mass is 9.68. The number of nitrogens with zero attached hydrogens (tertiary/aromatic N) is 4. The van der Waals surface area contributed by atoms with Gasteiger partial charge in [0.15, 0.2) is 10.1 Å². The SMILES string of the molecule is COC(=O)c1ccc(C2C(C#N)=C(N)N(c3nnc(SCC(=O)Nc4ccccc4)s3)C3=C2C(=O)CC(C)(C)C3)cc1. The zero-order valence-corrected chi connectivity index (χ0v) is 24.8. The highest BCUT2D eigenvalue weighted by molar-refractivity contribution is 8.01. The van der Waals surface area contributed by atoms with E-state index in [1.54, 1.807) is 29.2 Å². The number of esters is 1. The predicted octanol–water partition coefficient (Wildman–Crippen LogP) is 5.00. The molecule has 2 aromatic carbocycles. The van der Waals surface area contributed by atoms with Crippen molar-refractivity contribution < 1.29 is 19.1 Å². The third-order valence-electron chi connectivity index (χ3n) is 7.02. The molecular weight excluding hydrogens is 573 g/mol. The van der Waals surface area contributed by atoms with Crippen molar-refractivity contribution in [3.63, 3.8) is 0 Å². The lowest BCUT2D eigenvalue weighted by molar-refractivity contribution is -0.118. The van der Waals surface area contributed by atoms with Crippen LogP contribution in [0.15, 0.2) is 81.6 Å². The topological polar surface area (TPSA) is 151 Å². The van der Waals surface area contributed by atoms with Gasteiger partial charge in [0.05, 0.1) is 36.0 Å². The van der Waals surface area contributed by atoms with Gasteiger partial charge in [-0.1, -0.05) is 67.3 Å². The molecule has 1 unspecified atom stereocenters. The van der Waals surface area contributed by atoms with Gasteiger partial charge in [-0.15, -0.1) is 10.2 Å². The van der Waals surface area contributed by atoms with E-state index in [-0.39, 0.29) is 34.3 Å². The largest absolute Gasteiger partial charge is 0.465 e. The zero-order valence-electron chi connectivity index (χ0n) is 23.2. The molecule has 0 fully saturated rings. The lowest BCUT2D eigenvalue weighted by Gasteiger charge is -2.42. The average Bonchev–Trinajstić information content (AvgIpc) is 3.43. The van der Waals surface area contributed by atoms with Gasteiger partial charge in [0, 0.05) is 23.4 Å². The molecule has 1 aromatic heterocycles. The second-order valence-corrected chi connectivity index (χ2v) is 12.8. The van der Waals surface area contributed by atoms with Crippen LogP contribution in [0.4, 0.5) is 10.8 Å². The molecule has 0 saturated heterocycles. The molecule has 12 heteroatoms. The quantitative estimate of drug-likeness (QED) is 0.280. The summed E-state index contributed by atoms with van der Waals surface area (Å²) in [7, 11) is 1.31. The van der Waals surface area contributed by atoms with Crippen molar-refractivity contribution in [1.29, 1.82) is 5.26 Å². The molecule has 3 aromatic rings. The molecule has 2 heterocycles. The number of ether oxygens (including phenoxy) is 1. The Morgan fingerprint density at radius 2 is 1.88 bits per heavy atom. The highest BCUT2D eigenvalue weighted by Crippen LogP contribution is 2.50. The van der Waals surface area contributed by atoms with Gasteiger partial charge < -0.3 is 15.8 Å². The van der Waals surface area contributed by atoms with Crippen LogP contribution in [-0.4, -0.2) is 40.7 Å². The maximum atomic E-state index is 13.7. The van der Waals surface area contributed by atoms with Gasteiger partial charge in [0.1, 0.15) is 5.82 Å². The maximum absolute atomic E-state index is 13.7. The summed E-state index contributed by atoms with van der Waals surface area (Å²) < 4.78 is 5.35. The first-order valence-corrected chi connectivity index (χ1v) is 14.9. The molecule has 0 spiro atoms. The van der Waals surface area contributed by atoms with E-state index in [0.29, 0.717) is 50.4 Å². The summed E-state index contributed by atoms with van der Waals surface area (Å²) in [5.74, 6) is -1.15. The van der Waals surface area contributed by atoms with Crippen molar-refractivity contribution >= 4 is 51.6 Å². The minimum atomic E-state index is -0.694. The Balaban J connectivity index is 1.48. The molecular formula is C30H28N6O4S2. The highest BCUT2D eigenvalue weighted by atomic mass is 32.2. The Morgan fingerprint density at radius 1 is 1.17 bits per heavy atom. The first-order chi connectivity index (χ1) is 20.1. The fourth-order valence-electron chi connectivity index (χ4n) is 5.19. The number of Topliss-reactive ketones (excluding diaryl/α,β-unsaturated/α-hetero) is 1. The van der Waals surface area contributed by atoms with E-state index in [0.717, 1.165) is 0 Å². The predicted molar refractivity (Wildman–Crippen MR) is 161 cm³/mol. The van der Waals surface area contributed by atoms with Crippen LogP contribution in [-0.2, 0) is 14.3 Å². The van der Waals surface area contributed by atoms with E-state index >= 15 is 0 Å². The second kappa shape index (κ2) is 11.8. The first kappa shape index (κ1) is 29.0. The second-order valence-electron chi connectivity index (χ2n) is 10.6. The van der Waals surface area contributed by atoms with Crippen LogP contribution in [0.2, 0.25) is 0 Å². The first-order valence-electron chi connectivity index (χ1n) is 13.1. The summed E-state index contributed by atoms with van der Waals surface area (Å²) in [6.07, 6.45) is 0.828. The van der Waals surface area contributed by atoms with Gasteiger partial charge in [-0.2, -0.15) is 5.26 Å². The van der Waals surface area contributed by atoms with Gasteiger partial charge >= 0.3 is 5.97 Å². The normalized spacial score (nSPS) is 17.9. The number of nitriles is 1. The van der Waals surface area contributed by atoms with Crippen molar-refractivity contribution in [1.82, 2.24) is 10.2 Å². The van der Waals surface area contributed by atoms with E-state index < -0.39 is 11.9 Å². The van der Waals surface area contributed by atoms with Gasteiger partial charge in [-0.25, -0.2) is 4.79 Å². The van der Waals surface area contributed by atoms with Crippen molar-refractivity contribution in [2.45, 2.75) is 36.9 Å². The molecule has 3 N–H and O–H groups in total. The van der Waals surface area contributed by atoms with Crippen LogP contribution >= 0.6 is 23.1 Å². The number of hydrogen-bond donors (Lipinski definition) is 2. The number of anilines is 2. The van der Waals surface area contributed by atoms with Crippen LogP contribution in [0.5, 0.6) is 0 Å². The van der Waals surface area contributed by atoms with Crippen LogP contribution in [0.25, 0.3) is 0 Å². The minimum Gasteiger partial charge on any atom is -0.465 e. The molecule has 1 aliphatic carbocycles. The van der Waals surface area contributed by atoms with Crippen molar-refractivity contribution in [2.75, 3.05) is 23.1 Å². The molecule has 2 aliphatic rings. The van der Waals surface area contributed by atoms with Crippen molar-refractivity contribution in [3.05, 3.63) is 88.4 Å². The maximum Gasteiger partial charge on any atom is 0.337 e. The van der Waals surface area contributed by atoms with E-state index in [1.807, 2.05) is 44.2 Å². The molecule has 1 amide bonds. The number of carbonyl (C=O) groups is 3. The van der Waals surface area contributed by atoms with Crippen molar-refractivity contribution in [2.24, 2.45) is 11.1 Å². The Labute approximate surface area is 251 Å². The number of aromatic nitrogens is 2. The van der Waals surface area contributed by atoms with Gasteiger partial charge in [-0.3, -0.25) is 14.5 Å². The number of nitrogens with two attached hydrogens (primary N) is 1. The molecule has 0 radical (unpaired) electrons. The fourth-order valence-corrected chi connectivity index (χ4v) is 6.87. The fraction of sp³-hybridized carbons (Fsp3) is 0.267. The number of carbonyl (C=O) groups excluding carboxylic acids is 3. The number of methoxy groups -OCH3 is 1. The number of benzene rings is 2. The number of para-hydroxylation sites is 1. The Hall–Kier alpha value is -4.47. The molecule has 0 saturated carbocycles. The van der Waals surface area contributed by atoms with Gasteiger partial charge in [-0.05, 0) is 41.7 Å². The monoisotopic (exact) mass is 600 g/mol. The van der Waals surface area contributed by atoms with E-state index in [2.05, 4.69) is 21.6 Å². The lowest BCUT2D eigenvalue weighted by Crippen LogP contribution is -2.42. The number of thioether (sulfide) groups is 1. The zero-order chi connectivity index (χ0) is 30.0. The number of rotatable bonds is 7. The van der Waals surface area contributed by atoms with Gasteiger partial charge in [0.25, 0.3) is 0 Å². The molecule has 1 aliphatic heterocycles. The van der Waals surface area contributed by atoms with E-state index in [4.69, 9.17) is 10.5 Å². The summed E-state index contributed by atoms with van der Waals surface area (Å²) in [6, 6.07) is 18.1. The number of ketones is 1. The number of allylic oxidation sites excluding steroid dienone is 3. The molecule has 42 heavy (non-hydrogen) atoms. The minimum absolute atomic E-state index is 0.0785. The molecule has 0 bridgehead atoms. The summed E-state index contributed by atoms with van der Waals surface area (Å²) >= 11 is 2.47. The molecule has 10 nitrogen and oxygen atoms in total. The Bertz CT molecular complexity index is 1650. The third kappa shape index (κ3) is 5.79. The summed E-state index contributed by atoms with van der Waals surface area (Å²) in [6.45, 7) is 4.03. The molecule has 5 rings (SSSR count). The third-order valence-corrected chi connectivity index (χ3v) is 9.06. The Morgan fingerprint density at radius 3 is 2.55 bits per heavy atom. The summed E-state index contributed by atoms with van der Waals surface area (Å²) in [5, 5.41) is 22.1. The van der Waals surface area contributed by atoms with Crippen LogP contribution < -0.4 is 16.0 Å². The molecule has 1 atom stereocenters. The number of hydrogen-bond acceptors (Lipinski definition) is 11. The summed E-state index contributed by atoms with van der Waals surface area (Å²) in [5.41, 5.74) is 9.42. The Kier molecular flexibility index (Phi) is 8.15. The van der Waals surface area contributed by atoms with Crippen LogP contribution in [0.3, 0.4) is 0 Å². The van der Waals surface area contributed by atoms with Crippen molar-refractivity contribution in [3.8, 4) is 6.07 Å².